The molecular formula is C20H31IN4O2. The molecule has 0 aliphatic rings. The second kappa shape index (κ2) is 11.2. The van der Waals surface area contributed by atoms with Crippen LogP contribution < -0.4 is 15.4 Å². The zero-order chi connectivity index (χ0) is 19.1. The first-order valence-corrected chi connectivity index (χ1v) is 9.02. The van der Waals surface area contributed by atoms with Crippen LogP contribution in [0.2, 0.25) is 0 Å². The van der Waals surface area contributed by atoms with Gasteiger partial charge in [0, 0.05) is 7.05 Å². The van der Waals surface area contributed by atoms with Crippen molar-refractivity contribution >= 4 is 29.9 Å². The van der Waals surface area contributed by atoms with Crippen molar-refractivity contribution in [3.05, 3.63) is 47.2 Å². The number of guanidine groups is 1. The molecular weight excluding hydrogens is 455 g/mol. The van der Waals surface area contributed by atoms with Crippen molar-refractivity contribution in [2.75, 3.05) is 13.7 Å². The fourth-order valence-corrected chi connectivity index (χ4v) is 2.37. The zero-order valence-corrected chi connectivity index (χ0v) is 19.3. The summed E-state index contributed by atoms with van der Waals surface area (Å²) in [6.07, 6.45) is 0. The molecule has 27 heavy (non-hydrogen) atoms. The van der Waals surface area contributed by atoms with E-state index < -0.39 is 0 Å². The predicted octanol–water partition coefficient (Wildman–Crippen LogP) is 4.37. The molecule has 2 N–H and O–H groups in total. The lowest BCUT2D eigenvalue weighted by Crippen LogP contribution is -2.38. The van der Waals surface area contributed by atoms with E-state index in [9.17, 15) is 0 Å². The first-order chi connectivity index (χ1) is 12.4. The van der Waals surface area contributed by atoms with Gasteiger partial charge in [-0.3, -0.25) is 4.99 Å². The number of halogens is 1. The van der Waals surface area contributed by atoms with Gasteiger partial charge >= 0.3 is 0 Å². The SMILES string of the molecule is CN=C(NCc1nc(C)c(C)o1)NC(C)c1ccc(OCC(C)C)cc1.I. The number of benzene rings is 1. The van der Waals surface area contributed by atoms with Crippen molar-refractivity contribution in [3.63, 3.8) is 0 Å². The molecule has 6 nitrogen and oxygen atoms in total. The Bertz CT molecular complexity index is 707. The first-order valence-electron chi connectivity index (χ1n) is 9.02. The molecule has 0 spiro atoms. The molecule has 1 atom stereocenters. The van der Waals surface area contributed by atoms with Gasteiger partial charge in [0.2, 0.25) is 5.89 Å². The Morgan fingerprint density at radius 3 is 2.37 bits per heavy atom. The number of aryl methyl sites for hydroxylation is 2. The number of aliphatic imine (C=N–C) groups is 1. The molecule has 0 aliphatic carbocycles. The molecule has 0 amide bonds. The fraction of sp³-hybridized carbons (Fsp3) is 0.500. The molecule has 150 valence electrons. The summed E-state index contributed by atoms with van der Waals surface area (Å²) in [4.78, 5) is 8.63. The van der Waals surface area contributed by atoms with Crippen LogP contribution in [0, 0.1) is 19.8 Å². The van der Waals surface area contributed by atoms with Gasteiger partial charge in [-0.05, 0) is 44.4 Å². The molecule has 0 radical (unpaired) electrons. The Hall–Kier alpha value is -1.77. The smallest absolute Gasteiger partial charge is 0.214 e. The third-order valence-corrected chi connectivity index (χ3v) is 4.02. The molecule has 0 aliphatic heterocycles. The summed E-state index contributed by atoms with van der Waals surface area (Å²) >= 11 is 0. The lowest BCUT2D eigenvalue weighted by atomic mass is 10.1. The van der Waals surface area contributed by atoms with Crippen LogP contribution in [0.5, 0.6) is 5.75 Å². The molecule has 0 bridgehead atoms. The van der Waals surface area contributed by atoms with Crippen LogP contribution in [-0.2, 0) is 6.54 Å². The molecule has 1 aromatic carbocycles. The van der Waals surface area contributed by atoms with Crippen molar-refractivity contribution in [2.45, 2.75) is 47.2 Å². The summed E-state index contributed by atoms with van der Waals surface area (Å²) in [5.41, 5.74) is 2.07. The van der Waals surface area contributed by atoms with E-state index in [4.69, 9.17) is 9.15 Å². The first kappa shape index (κ1) is 23.3. The average molecular weight is 486 g/mol. The van der Waals surface area contributed by atoms with Gasteiger partial charge in [0.05, 0.1) is 24.9 Å². The van der Waals surface area contributed by atoms with Crippen LogP contribution in [0.15, 0.2) is 33.7 Å². The summed E-state index contributed by atoms with van der Waals surface area (Å²) in [6, 6.07) is 8.26. The lowest BCUT2D eigenvalue weighted by Gasteiger charge is -2.18. The van der Waals surface area contributed by atoms with Crippen molar-refractivity contribution in [2.24, 2.45) is 10.9 Å². The molecule has 7 heteroatoms. The Labute approximate surface area is 179 Å². The average Bonchev–Trinajstić information content (AvgIpc) is 2.94. The minimum Gasteiger partial charge on any atom is -0.493 e. The number of rotatable bonds is 7. The number of ether oxygens (including phenoxy) is 1. The number of aromatic nitrogens is 1. The fourth-order valence-electron chi connectivity index (χ4n) is 2.37. The van der Waals surface area contributed by atoms with Gasteiger partial charge in [-0.2, -0.15) is 0 Å². The number of nitrogens with zero attached hydrogens (tertiary/aromatic N) is 2. The van der Waals surface area contributed by atoms with Gasteiger partial charge in [-0.15, -0.1) is 24.0 Å². The number of hydrogen-bond acceptors (Lipinski definition) is 4. The standard InChI is InChI=1S/C20H30N4O2.HI/c1-13(2)12-25-18-9-7-17(8-10-18)15(4)24-20(21-6)22-11-19-23-14(3)16(5)26-19;/h7-10,13,15H,11-12H2,1-6H3,(H2,21,22,24);1H. The van der Waals surface area contributed by atoms with Crippen LogP contribution in [0.25, 0.3) is 0 Å². The maximum Gasteiger partial charge on any atom is 0.214 e. The molecule has 0 fully saturated rings. The normalized spacial score (nSPS) is 12.5. The van der Waals surface area contributed by atoms with E-state index in [1.165, 1.54) is 0 Å². The van der Waals surface area contributed by atoms with Crippen LogP contribution in [0.1, 0.15) is 49.7 Å². The van der Waals surface area contributed by atoms with Gasteiger partial charge < -0.3 is 19.8 Å². The lowest BCUT2D eigenvalue weighted by molar-refractivity contribution is 0.271. The van der Waals surface area contributed by atoms with E-state index in [0.717, 1.165) is 29.4 Å². The quantitative estimate of drug-likeness (QED) is 0.346. The van der Waals surface area contributed by atoms with Gasteiger partial charge in [-0.25, -0.2) is 4.98 Å². The van der Waals surface area contributed by atoms with Crippen molar-refractivity contribution in [1.29, 1.82) is 0 Å². The predicted molar refractivity (Wildman–Crippen MR) is 120 cm³/mol. The van der Waals surface area contributed by atoms with E-state index in [0.29, 0.717) is 24.3 Å². The van der Waals surface area contributed by atoms with E-state index >= 15 is 0 Å². The summed E-state index contributed by atoms with van der Waals surface area (Å²) in [5, 5.41) is 6.60. The largest absolute Gasteiger partial charge is 0.493 e. The van der Waals surface area contributed by atoms with E-state index in [2.05, 4.69) is 53.5 Å². The Morgan fingerprint density at radius 2 is 1.85 bits per heavy atom. The second-order valence-corrected chi connectivity index (χ2v) is 6.81. The highest BCUT2D eigenvalue weighted by atomic mass is 127. The van der Waals surface area contributed by atoms with Crippen molar-refractivity contribution < 1.29 is 9.15 Å². The summed E-state index contributed by atoms with van der Waals surface area (Å²) < 4.78 is 11.3. The minimum absolute atomic E-state index is 0. The topological polar surface area (TPSA) is 71.7 Å². The third kappa shape index (κ3) is 7.40. The Morgan fingerprint density at radius 1 is 1.19 bits per heavy atom. The van der Waals surface area contributed by atoms with E-state index in [1.807, 2.05) is 26.0 Å². The molecule has 1 unspecified atom stereocenters. The highest BCUT2D eigenvalue weighted by Gasteiger charge is 2.10. The maximum absolute atomic E-state index is 5.73. The minimum atomic E-state index is 0. The molecule has 2 aromatic rings. The summed E-state index contributed by atoms with van der Waals surface area (Å²) in [7, 11) is 1.75. The van der Waals surface area contributed by atoms with Gasteiger partial charge in [0.25, 0.3) is 0 Å². The second-order valence-electron chi connectivity index (χ2n) is 6.81. The summed E-state index contributed by atoms with van der Waals surface area (Å²) in [6.45, 7) is 11.4. The van der Waals surface area contributed by atoms with Crippen LogP contribution in [-0.4, -0.2) is 24.6 Å². The van der Waals surface area contributed by atoms with Gasteiger partial charge in [0.1, 0.15) is 11.5 Å². The summed E-state index contributed by atoms with van der Waals surface area (Å²) in [5.74, 6) is 3.61. The van der Waals surface area contributed by atoms with Gasteiger partial charge in [0.15, 0.2) is 5.96 Å². The maximum atomic E-state index is 5.73. The van der Waals surface area contributed by atoms with E-state index in [-0.39, 0.29) is 30.0 Å². The molecule has 0 saturated carbocycles. The van der Waals surface area contributed by atoms with E-state index in [1.54, 1.807) is 7.05 Å². The zero-order valence-electron chi connectivity index (χ0n) is 17.0. The van der Waals surface area contributed by atoms with Crippen molar-refractivity contribution in [3.8, 4) is 5.75 Å². The van der Waals surface area contributed by atoms with Crippen LogP contribution in [0.3, 0.4) is 0 Å². The van der Waals surface area contributed by atoms with Crippen molar-refractivity contribution in [1.82, 2.24) is 15.6 Å². The number of oxazole rings is 1. The highest BCUT2D eigenvalue weighted by molar-refractivity contribution is 14.0. The Balaban J connectivity index is 0.00000364. The molecule has 0 saturated heterocycles. The highest BCUT2D eigenvalue weighted by Crippen LogP contribution is 2.18. The Kier molecular flexibility index (Phi) is 9.62. The monoisotopic (exact) mass is 486 g/mol. The number of hydrogen-bond donors (Lipinski definition) is 2. The van der Waals surface area contributed by atoms with Crippen LogP contribution >= 0.6 is 24.0 Å². The molecule has 1 heterocycles. The molecule has 1 aromatic heterocycles. The third-order valence-electron chi connectivity index (χ3n) is 4.02. The van der Waals surface area contributed by atoms with Gasteiger partial charge in [-0.1, -0.05) is 26.0 Å². The van der Waals surface area contributed by atoms with Crippen LogP contribution in [0.4, 0.5) is 0 Å². The molecule has 2 rings (SSSR count). The number of nitrogens with one attached hydrogen (secondary N) is 2.